The van der Waals surface area contributed by atoms with Crippen LogP contribution in [0.25, 0.3) is 0 Å². The highest BCUT2D eigenvalue weighted by atomic mass is 16.5. The van der Waals surface area contributed by atoms with E-state index < -0.39 is 11.9 Å². The van der Waals surface area contributed by atoms with Crippen molar-refractivity contribution in [2.24, 2.45) is 5.73 Å². The molecular weight excluding hydrogens is 290 g/mol. The van der Waals surface area contributed by atoms with Crippen molar-refractivity contribution in [2.75, 3.05) is 21.3 Å². The molecule has 1 aromatic rings. The van der Waals surface area contributed by atoms with Crippen molar-refractivity contribution >= 4 is 11.9 Å². The van der Waals surface area contributed by atoms with Crippen LogP contribution in [0.4, 0.5) is 0 Å². The lowest BCUT2D eigenvalue weighted by Gasteiger charge is -2.32. The third-order valence-electron chi connectivity index (χ3n) is 3.52. The fraction of sp³-hybridized carbons (Fsp3) is 0.467. The van der Waals surface area contributed by atoms with Crippen LogP contribution in [0, 0.1) is 0 Å². The van der Waals surface area contributed by atoms with Crippen molar-refractivity contribution in [1.82, 2.24) is 0 Å². The van der Waals surface area contributed by atoms with Crippen LogP contribution < -0.4 is 15.2 Å². The maximum absolute atomic E-state index is 11.9. The van der Waals surface area contributed by atoms with Gasteiger partial charge in [0.1, 0.15) is 23.2 Å². The number of carbonyl (C=O) groups is 2. The van der Waals surface area contributed by atoms with Gasteiger partial charge in [-0.05, 0) is 18.9 Å². The fourth-order valence-corrected chi connectivity index (χ4v) is 2.30. The van der Waals surface area contributed by atoms with Crippen LogP contribution in [0.3, 0.4) is 0 Å². The third-order valence-corrected chi connectivity index (χ3v) is 3.52. The van der Waals surface area contributed by atoms with Gasteiger partial charge in [-0.25, -0.2) is 9.59 Å². The summed E-state index contributed by atoms with van der Waals surface area (Å²) in [7, 11) is 3.85. The van der Waals surface area contributed by atoms with E-state index in [1.54, 1.807) is 6.07 Å². The Morgan fingerprint density at radius 3 is 2.23 bits per heavy atom. The predicted octanol–water partition coefficient (Wildman–Crippen LogP) is 1.14. The van der Waals surface area contributed by atoms with E-state index in [0.717, 1.165) is 12.8 Å². The Kier molecular flexibility index (Phi) is 4.87. The molecule has 1 aliphatic carbocycles. The number of nitrogens with two attached hydrogens (primary N) is 1. The molecule has 0 amide bonds. The fourth-order valence-electron chi connectivity index (χ4n) is 2.30. The summed E-state index contributed by atoms with van der Waals surface area (Å²) < 4.78 is 20.3. The summed E-state index contributed by atoms with van der Waals surface area (Å²) in [5.41, 5.74) is 5.76. The number of carbonyl (C=O) groups excluding carboxylic acids is 2. The first-order valence-corrected chi connectivity index (χ1v) is 6.81. The van der Waals surface area contributed by atoms with Gasteiger partial charge in [0.15, 0.2) is 0 Å². The van der Waals surface area contributed by atoms with Gasteiger partial charge in [-0.3, -0.25) is 0 Å². The van der Waals surface area contributed by atoms with Crippen molar-refractivity contribution in [3.8, 4) is 11.5 Å². The molecule has 1 aliphatic rings. The van der Waals surface area contributed by atoms with Gasteiger partial charge in [0, 0.05) is 12.1 Å². The Balaban J connectivity index is 2.41. The van der Waals surface area contributed by atoms with Crippen molar-refractivity contribution in [2.45, 2.75) is 25.0 Å². The van der Waals surface area contributed by atoms with Gasteiger partial charge in [-0.2, -0.15) is 0 Å². The first-order chi connectivity index (χ1) is 10.5. The summed E-state index contributed by atoms with van der Waals surface area (Å²) in [4.78, 5) is 23.8. The molecule has 7 nitrogen and oxygen atoms in total. The van der Waals surface area contributed by atoms with E-state index in [1.165, 1.54) is 27.4 Å². The Morgan fingerprint density at radius 1 is 1.09 bits per heavy atom. The number of benzene rings is 1. The molecule has 2 N–H and O–H groups in total. The molecule has 22 heavy (non-hydrogen) atoms. The van der Waals surface area contributed by atoms with Gasteiger partial charge < -0.3 is 24.7 Å². The molecule has 0 saturated heterocycles. The predicted molar refractivity (Wildman–Crippen MR) is 77.3 cm³/mol. The minimum atomic E-state index is -0.686. The van der Waals surface area contributed by atoms with Crippen LogP contribution in [0.5, 0.6) is 11.5 Å². The molecule has 0 aliphatic heterocycles. The van der Waals surface area contributed by atoms with E-state index in [2.05, 4.69) is 0 Å². The SMILES string of the molecule is COC(=O)c1cc(O[C@H]2C[C@H](N)C2)cc(OC)c1C(=O)OC. The Labute approximate surface area is 128 Å². The van der Waals surface area contributed by atoms with Crippen molar-refractivity contribution in [3.05, 3.63) is 23.3 Å². The van der Waals surface area contributed by atoms with Crippen molar-refractivity contribution < 1.29 is 28.5 Å². The van der Waals surface area contributed by atoms with Crippen LogP contribution >= 0.6 is 0 Å². The van der Waals surface area contributed by atoms with E-state index >= 15 is 0 Å². The lowest BCUT2D eigenvalue weighted by atomic mass is 9.90. The van der Waals surface area contributed by atoms with Crippen molar-refractivity contribution in [3.63, 3.8) is 0 Å². The van der Waals surface area contributed by atoms with Crippen LogP contribution in [0.2, 0.25) is 0 Å². The average Bonchev–Trinajstić information content (AvgIpc) is 2.50. The summed E-state index contributed by atoms with van der Waals surface area (Å²) in [6, 6.07) is 3.13. The molecule has 1 aromatic carbocycles. The molecule has 0 unspecified atom stereocenters. The van der Waals surface area contributed by atoms with Gasteiger partial charge in [0.05, 0.1) is 26.9 Å². The van der Waals surface area contributed by atoms with E-state index in [0.29, 0.717) is 5.75 Å². The number of methoxy groups -OCH3 is 3. The van der Waals surface area contributed by atoms with Gasteiger partial charge in [-0.15, -0.1) is 0 Å². The summed E-state index contributed by atoms with van der Waals surface area (Å²) in [6.45, 7) is 0. The Morgan fingerprint density at radius 2 is 1.73 bits per heavy atom. The number of hydrogen-bond donors (Lipinski definition) is 1. The quantitative estimate of drug-likeness (QED) is 0.814. The highest BCUT2D eigenvalue weighted by Crippen LogP contribution is 2.33. The minimum Gasteiger partial charge on any atom is -0.496 e. The Hall–Kier alpha value is -2.28. The summed E-state index contributed by atoms with van der Waals surface area (Å²) in [5, 5.41) is 0. The molecule has 0 heterocycles. The number of rotatable bonds is 5. The van der Waals surface area contributed by atoms with Crippen LogP contribution in [0.1, 0.15) is 33.6 Å². The van der Waals surface area contributed by atoms with Crippen LogP contribution in [0.15, 0.2) is 12.1 Å². The molecule has 120 valence electrons. The lowest BCUT2D eigenvalue weighted by Crippen LogP contribution is -2.43. The maximum Gasteiger partial charge on any atom is 0.342 e. The zero-order chi connectivity index (χ0) is 16.3. The van der Waals surface area contributed by atoms with E-state index in [-0.39, 0.29) is 29.0 Å². The second-order valence-electron chi connectivity index (χ2n) is 5.00. The lowest BCUT2D eigenvalue weighted by molar-refractivity contribution is 0.0550. The highest BCUT2D eigenvalue weighted by Gasteiger charge is 2.30. The maximum atomic E-state index is 11.9. The zero-order valence-corrected chi connectivity index (χ0v) is 12.8. The third kappa shape index (κ3) is 3.14. The van der Waals surface area contributed by atoms with E-state index in [4.69, 9.17) is 24.7 Å². The number of ether oxygens (including phenoxy) is 4. The largest absolute Gasteiger partial charge is 0.496 e. The molecule has 0 aromatic heterocycles. The summed E-state index contributed by atoms with van der Waals surface area (Å²) in [5.74, 6) is -0.751. The molecule has 7 heteroatoms. The standard InChI is InChI=1S/C15H19NO6/c1-19-12-7-10(22-9-4-8(16)5-9)6-11(14(17)20-2)13(12)15(18)21-3/h6-9H,4-5,16H2,1-3H3/t8-,9-. The van der Waals surface area contributed by atoms with Gasteiger partial charge in [0.2, 0.25) is 0 Å². The highest BCUT2D eigenvalue weighted by molar-refractivity contribution is 6.05. The molecule has 0 bridgehead atoms. The molecule has 0 radical (unpaired) electrons. The van der Waals surface area contributed by atoms with Crippen molar-refractivity contribution in [1.29, 1.82) is 0 Å². The second kappa shape index (κ2) is 6.65. The number of esters is 2. The summed E-state index contributed by atoms with van der Waals surface area (Å²) in [6.07, 6.45) is 1.48. The molecule has 1 fully saturated rings. The van der Waals surface area contributed by atoms with Gasteiger partial charge in [-0.1, -0.05) is 0 Å². The first kappa shape index (κ1) is 16.1. The number of hydrogen-bond acceptors (Lipinski definition) is 7. The van der Waals surface area contributed by atoms with E-state index in [1.807, 2.05) is 0 Å². The van der Waals surface area contributed by atoms with E-state index in [9.17, 15) is 9.59 Å². The molecule has 1 saturated carbocycles. The monoisotopic (exact) mass is 309 g/mol. The normalized spacial score (nSPS) is 19.8. The topological polar surface area (TPSA) is 97.1 Å². The van der Waals surface area contributed by atoms with Gasteiger partial charge in [0.25, 0.3) is 0 Å². The minimum absolute atomic E-state index is 0.00539. The molecule has 2 rings (SSSR count). The molecule has 0 atom stereocenters. The Bertz CT molecular complexity index is 580. The average molecular weight is 309 g/mol. The molecular formula is C15H19NO6. The smallest absolute Gasteiger partial charge is 0.342 e. The molecule has 0 spiro atoms. The first-order valence-electron chi connectivity index (χ1n) is 6.81. The summed E-state index contributed by atoms with van der Waals surface area (Å²) >= 11 is 0. The second-order valence-corrected chi connectivity index (χ2v) is 5.00. The zero-order valence-electron chi connectivity index (χ0n) is 12.8. The van der Waals surface area contributed by atoms with Crippen LogP contribution in [-0.4, -0.2) is 45.4 Å². The van der Waals surface area contributed by atoms with Gasteiger partial charge >= 0.3 is 11.9 Å². The van der Waals surface area contributed by atoms with Crippen LogP contribution in [-0.2, 0) is 9.47 Å².